The van der Waals surface area contributed by atoms with Crippen LogP contribution >= 0.6 is 12.2 Å². The Kier molecular flexibility index (Phi) is 4.70. The molecule has 0 fully saturated rings. The van der Waals surface area contributed by atoms with Gasteiger partial charge in [0, 0.05) is 23.5 Å². The number of anilines is 1. The van der Waals surface area contributed by atoms with Crippen molar-refractivity contribution in [1.29, 1.82) is 0 Å². The van der Waals surface area contributed by atoms with E-state index >= 15 is 0 Å². The van der Waals surface area contributed by atoms with E-state index < -0.39 is 9.84 Å². The first kappa shape index (κ1) is 14.9. The topological polar surface area (TPSA) is 72.2 Å². The van der Waals surface area contributed by atoms with Crippen molar-refractivity contribution in [3.63, 3.8) is 0 Å². The van der Waals surface area contributed by atoms with Gasteiger partial charge in [0.05, 0.1) is 5.75 Å². The van der Waals surface area contributed by atoms with Gasteiger partial charge in [-0.25, -0.2) is 8.42 Å². The summed E-state index contributed by atoms with van der Waals surface area (Å²) in [6, 6.07) is 5.47. The molecule has 100 valence electrons. The zero-order valence-electron chi connectivity index (χ0n) is 10.7. The molecule has 0 saturated carbocycles. The van der Waals surface area contributed by atoms with Gasteiger partial charge in [-0.1, -0.05) is 18.3 Å². The molecule has 0 amide bonds. The molecule has 6 heteroatoms. The molecule has 0 spiro atoms. The lowest BCUT2D eigenvalue weighted by Gasteiger charge is -2.17. The van der Waals surface area contributed by atoms with Crippen LogP contribution in [0.1, 0.15) is 18.1 Å². The van der Waals surface area contributed by atoms with Crippen LogP contribution in [-0.2, 0) is 9.84 Å². The number of hydrogen-bond donors (Lipinski definition) is 2. The number of thiocarbonyl (C=S) groups is 1. The van der Waals surface area contributed by atoms with Crippen molar-refractivity contribution in [3.8, 4) is 0 Å². The normalized spacial score (nSPS) is 13.1. The molecular formula is C12H18N2O2S2. The van der Waals surface area contributed by atoms with Crippen molar-refractivity contribution >= 4 is 32.7 Å². The van der Waals surface area contributed by atoms with Crippen LogP contribution in [0.4, 0.5) is 5.69 Å². The van der Waals surface area contributed by atoms with Crippen LogP contribution in [-0.4, -0.2) is 31.5 Å². The fourth-order valence-corrected chi connectivity index (χ4v) is 2.92. The molecule has 0 aliphatic rings. The fourth-order valence-electron chi connectivity index (χ4n) is 1.75. The maximum atomic E-state index is 11.2. The van der Waals surface area contributed by atoms with E-state index in [1.807, 2.05) is 32.0 Å². The summed E-state index contributed by atoms with van der Waals surface area (Å²) >= 11 is 4.97. The van der Waals surface area contributed by atoms with Crippen LogP contribution in [0.2, 0.25) is 0 Å². The zero-order chi connectivity index (χ0) is 13.9. The first-order chi connectivity index (χ1) is 8.19. The smallest absolute Gasteiger partial charge is 0.149 e. The molecule has 1 rings (SSSR count). The third kappa shape index (κ3) is 4.62. The number of sulfone groups is 1. The Hall–Kier alpha value is -1.14. The number of nitrogens with two attached hydrogens (primary N) is 1. The van der Waals surface area contributed by atoms with E-state index in [0.29, 0.717) is 4.99 Å². The summed E-state index contributed by atoms with van der Waals surface area (Å²) in [5.41, 5.74) is 8.21. The van der Waals surface area contributed by atoms with E-state index in [1.54, 1.807) is 0 Å². The number of rotatable bonds is 5. The average molecular weight is 286 g/mol. The first-order valence-corrected chi connectivity index (χ1v) is 8.00. The van der Waals surface area contributed by atoms with Crippen molar-refractivity contribution in [3.05, 3.63) is 29.3 Å². The van der Waals surface area contributed by atoms with Gasteiger partial charge in [0.25, 0.3) is 0 Å². The second-order valence-electron chi connectivity index (χ2n) is 4.55. The van der Waals surface area contributed by atoms with Gasteiger partial charge >= 0.3 is 0 Å². The van der Waals surface area contributed by atoms with E-state index in [-0.39, 0.29) is 11.8 Å². The SMILES string of the molecule is Cc1ccc(C(N)=S)c(NC(C)CS(C)(=O)=O)c1. The Balaban J connectivity index is 2.96. The third-order valence-electron chi connectivity index (χ3n) is 2.40. The Labute approximate surface area is 113 Å². The molecular weight excluding hydrogens is 268 g/mol. The predicted molar refractivity (Wildman–Crippen MR) is 79.9 cm³/mol. The van der Waals surface area contributed by atoms with Crippen LogP contribution in [0.5, 0.6) is 0 Å². The minimum Gasteiger partial charge on any atom is -0.389 e. The summed E-state index contributed by atoms with van der Waals surface area (Å²) in [5, 5.41) is 3.14. The third-order valence-corrected chi connectivity index (χ3v) is 3.72. The van der Waals surface area contributed by atoms with Crippen LogP contribution < -0.4 is 11.1 Å². The van der Waals surface area contributed by atoms with Gasteiger partial charge in [-0.05, 0) is 31.5 Å². The monoisotopic (exact) mass is 286 g/mol. The molecule has 1 atom stereocenters. The summed E-state index contributed by atoms with van der Waals surface area (Å²) in [5.74, 6) is 0.0672. The minimum atomic E-state index is -3.01. The fraction of sp³-hybridized carbons (Fsp3) is 0.417. The number of nitrogens with one attached hydrogen (secondary N) is 1. The lowest BCUT2D eigenvalue weighted by Crippen LogP contribution is -2.26. The first-order valence-electron chi connectivity index (χ1n) is 5.54. The Bertz CT molecular complexity index is 553. The molecule has 0 heterocycles. The summed E-state index contributed by atoms with van der Waals surface area (Å²) in [6.07, 6.45) is 1.22. The molecule has 1 unspecified atom stereocenters. The summed E-state index contributed by atoms with van der Waals surface area (Å²) < 4.78 is 22.5. The van der Waals surface area contributed by atoms with Crippen LogP contribution in [0.3, 0.4) is 0 Å². The molecule has 0 aliphatic carbocycles. The van der Waals surface area contributed by atoms with Gasteiger partial charge in [-0.15, -0.1) is 0 Å². The zero-order valence-corrected chi connectivity index (χ0v) is 12.4. The summed E-state index contributed by atoms with van der Waals surface area (Å²) in [4.78, 5) is 0.295. The van der Waals surface area contributed by atoms with Gasteiger partial charge in [0.15, 0.2) is 0 Å². The van der Waals surface area contributed by atoms with Crippen molar-refractivity contribution < 1.29 is 8.42 Å². The van der Waals surface area contributed by atoms with Gasteiger partial charge in [0.1, 0.15) is 14.8 Å². The van der Waals surface area contributed by atoms with E-state index in [2.05, 4.69) is 5.32 Å². The van der Waals surface area contributed by atoms with Crippen molar-refractivity contribution in [2.24, 2.45) is 5.73 Å². The molecule has 0 aromatic heterocycles. The van der Waals surface area contributed by atoms with Gasteiger partial charge < -0.3 is 11.1 Å². The molecule has 1 aromatic carbocycles. The van der Waals surface area contributed by atoms with Crippen molar-refractivity contribution in [2.45, 2.75) is 19.9 Å². The van der Waals surface area contributed by atoms with E-state index in [1.165, 1.54) is 6.26 Å². The van der Waals surface area contributed by atoms with Gasteiger partial charge in [-0.2, -0.15) is 0 Å². The molecule has 0 saturated heterocycles. The van der Waals surface area contributed by atoms with Crippen molar-refractivity contribution in [2.75, 3.05) is 17.3 Å². The Morgan fingerprint density at radius 1 is 1.50 bits per heavy atom. The van der Waals surface area contributed by atoms with Crippen LogP contribution in [0.25, 0.3) is 0 Å². The molecule has 0 aliphatic heterocycles. The highest BCUT2D eigenvalue weighted by atomic mass is 32.2. The molecule has 4 nitrogen and oxygen atoms in total. The second-order valence-corrected chi connectivity index (χ2v) is 7.18. The van der Waals surface area contributed by atoms with E-state index in [4.69, 9.17) is 18.0 Å². The molecule has 0 bridgehead atoms. The van der Waals surface area contributed by atoms with Crippen LogP contribution in [0.15, 0.2) is 18.2 Å². The molecule has 1 aromatic rings. The number of aryl methyl sites for hydroxylation is 1. The summed E-state index contributed by atoms with van der Waals surface area (Å²) in [6.45, 7) is 3.77. The largest absolute Gasteiger partial charge is 0.389 e. The predicted octanol–water partition coefficient (Wildman–Crippen LogP) is 1.47. The average Bonchev–Trinajstić information content (AvgIpc) is 2.13. The lowest BCUT2D eigenvalue weighted by atomic mass is 10.1. The highest BCUT2D eigenvalue weighted by Crippen LogP contribution is 2.18. The molecule has 0 radical (unpaired) electrons. The van der Waals surface area contributed by atoms with Crippen LogP contribution in [0, 0.1) is 6.92 Å². The maximum absolute atomic E-state index is 11.2. The molecule has 3 N–H and O–H groups in total. The van der Waals surface area contributed by atoms with Gasteiger partial charge in [0.2, 0.25) is 0 Å². The Morgan fingerprint density at radius 2 is 2.11 bits per heavy atom. The highest BCUT2D eigenvalue weighted by molar-refractivity contribution is 7.90. The summed E-state index contributed by atoms with van der Waals surface area (Å²) in [7, 11) is -3.01. The van der Waals surface area contributed by atoms with Crippen molar-refractivity contribution in [1.82, 2.24) is 0 Å². The van der Waals surface area contributed by atoms with E-state index in [0.717, 1.165) is 16.8 Å². The lowest BCUT2D eigenvalue weighted by molar-refractivity contribution is 0.598. The molecule has 18 heavy (non-hydrogen) atoms. The quantitative estimate of drug-likeness (QED) is 0.802. The number of benzene rings is 1. The van der Waals surface area contributed by atoms with Gasteiger partial charge in [-0.3, -0.25) is 0 Å². The standard InChI is InChI=1S/C12H18N2O2S2/c1-8-4-5-10(12(13)17)11(6-8)14-9(2)7-18(3,15)16/h4-6,9,14H,7H2,1-3H3,(H2,13,17). The van der Waals surface area contributed by atoms with E-state index in [9.17, 15) is 8.42 Å². The highest BCUT2D eigenvalue weighted by Gasteiger charge is 2.13. The number of hydrogen-bond acceptors (Lipinski definition) is 4. The minimum absolute atomic E-state index is 0.0672. The maximum Gasteiger partial charge on any atom is 0.149 e. The second kappa shape index (κ2) is 5.67. The Morgan fingerprint density at radius 3 is 2.61 bits per heavy atom.